The van der Waals surface area contributed by atoms with E-state index in [0.29, 0.717) is 23.5 Å². The molecule has 0 heterocycles. The summed E-state index contributed by atoms with van der Waals surface area (Å²) in [7, 11) is 0. The topological polar surface area (TPSA) is 79.5 Å². The largest absolute Gasteiger partial charge is 0.494 e. The van der Waals surface area contributed by atoms with Gasteiger partial charge in [0.25, 0.3) is 11.8 Å². The first-order valence-corrected chi connectivity index (χ1v) is 10.0. The maximum Gasteiger partial charge on any atom is 0.269 e. The Hall–Kier alpha value is -2.45. The summed E-state index contributed by atoms with van der Waals surface area (Å²) in [5.41, 5.74) is 6.87. The van der Waals surface area contributed by atoms with Gasteiger partial charge >= 0.3 is 0 Å². The summed E-state index contributed by atoms with van der Waals surface area (Å²) in [6, 6.07) is 12.1. The van der Waals surface area contributed by atoms with Crippen LogP contribution in [0.3, 0.4) is 0 Å². The normalized spacial score (nSPS) is 10.1. The summed E-state index contributed by atoms with van der Waals surface area (Å²) in [5, 5.41) is 2.51. The number of benzene rings is 2. The van der Waals surface area contributed by atoms with E-state index in [9.17, 15) is 9.59 Å². The van der Waals surface area contributed by atoms with Gasteiger partial charge in [0.2, 0.25) is 0 Å². The van der Waals surface area contributed by atoms with Gasteiger partial charge in [-0.25, -0.2) is 0 Å². The fourth-order valence-electron chi connectivity index (χ4n) is 2.19. The van der Waals surface area contributed by atoms with E-state index >= 15 is 0 Å². The molecule has 2 aromatic carbocycles. The van der Waals surface area contributed by atoms with Crippen LogP contribution in [0.15, 0.2) is 46.9 Å². The molecule has 0 saturated heterocycles. The van der Waals surface area contributed by atoms with Crippen LogP contribution in [0.1, 0.15) is 46.0 Å². The number of nitrogens with one attached hydrogen (secondary N) is 3. The minimum atomic E-state index is -0.397. The lowest BCUT2D eigenvalue weighted by atomic mass is 10.1. The molecule has 148 valence electrons. The number of amides is 2. The molecule has 0 aromatic heterocycles. The van der Waals surface area contributed by atoms with Crippen molar-refractivity contribution in [1.82, 2.24) is 16.2 Å². The number of carbonyl (C=O) groups excluding carboxylic acids is 2. The molecule has 3 N–H and O–H groups in total. The average Bonchev–Trinajstić information content (AvgIpc) is 2.68. The molecule has 0 spiro atoms. The van der Waals surface area contributed by atoms with Crippen molar-refractivity contribution in [3.63, 3.8) is 0 Å². The quantitative estimate of drug-likeness (QED) is 0.344. The van der Waals surface area contributed by atoms with Gasteiger partial charge in [0.15, 0.2) is 5.11 Å². The molecule has 0 aliphatic rings. The van der Waals surface area contributed by atoms with Gasteiger partial charge in [-0.1, -0.05) is 41.4 Å². The van der Waals surface area contributed by atoms with Gasteiger partial charge in [-0.15, -0.1) is 0 Å². The van der Waals surface area contributed by atoms with Crippen LogP contribution in [-0.4, -0.2) is 23.5 Å². The lowest BCUT2D eigenvalue weighted by Gasteiger charge is -2.12. The van der Waals surface area contributed by atoms with Crippen molar-refractivity contribution in [1.29, 1.82) is 0 Å². The van der Waals surface area contributed by atoms with Gasteiger partial charge in [0.1, 0.15) is 5.75 Å². The van der Waals surface area contributed by atoms with E-state index in [1.54, 1.807) is 36.4 Å². The molecule has 0 atom stereocenters. The lowest BCUT2D eigenvalue weighted by molar-refractivity contribution is 0.0934. The van der Waals surface area contributed by atoms with Crippen LogP contribution in [0, 0.1) is 6.92 Å². The Morgan fingerprint density at radius 3 is 2.54 bits per heavy atom. The number of aryl methyl sites for hydroxylation is 1. The number of thiocarbonyl (C=S) groups is 1. The van der Waals surface area contributed by atoms with Crippen molar-refractivity contribution in [2.75, 3.05) is 6.61 Å². The lowest BCUT2D eigenvalue weighted by Crippen LogP contribution is -2.48. The highest BCUT2D eigenvalue weighted by molar-refractivity contribution is 9.10. The Bertz CT molecular complexity index is 874. The molecule has 2 amide bonds. The minimum Gasteiger partial charge on any atom is -0.494 e. The molecule has 0 fully saturated rings. The Morgan fingerprint density at radius 2 is 1.82 bits per heavy atom. The molecule has 0 aliphatic heterocycles. The summed E-state index contributed by atoms with van der Waals surface area (Å²) >= 11 is 8.45. The number of halogens is 1. The van der Waals surface area contributed by atoms with Crippen molar-refractivity contribution in [3.8, 4) is 5.75 Å². The Kier molecular flexibility index (Phi) is 8.41. The Morgan fingerprint density at radius 1 is 1.07 bits per heavy atom. The predicted molar refractivity (Wildman–Crippen MR) is 116 cm³/mol. The van der Waals surface area contributed by atoms with Gasteiger partial charge in [-0.3, -0.25) is 25.8 Å². The molecule has 28 heavy (non-hydrogen) atoms. The fraction of sp³-hybridized carbons (Fsp3) is 0.250. The molecule has 0 bridgehead atoms. The third-order valence-electron chi connectivity index (χ3n) is 3.81. The number of hydrazine groups is 1. The molecule has 0 saturated carbocycles. The Labute approximate surface area is 178 Å². The van der Waals surface area contributed by atoms with Crippen molar-refractivity contribution in [2.24, 2.45) is 0 Å². The third-order valence-corrected chi connectivity index (χ3v) is 4.87. The van der Waals surface area contributed by atoms with Crippen molar-refractivity contribution >= 4 is 45.1 Å². The zero-order valence-corrected chi connectivity index (χ0v) is 18.1. The van der Waals surface area contributed by atoms with Crippen LogP contribution in [0.5, 0.6) is 5.75 Å². The molecule has 0 aliphatic carbocycles. The van der Waals surface area contributed by atoms with Crippen molar-refractivity contribution in [2.45, 2.75) is 26.7 Å². The number of hydrogen-bond acceptors (Lipinski definition) is 4. The van der Waals surface area contributed by atoms with Crippen molar-refractivity contribution < 1.29 is 14.3 Å². The Balaban J connectivity index is 1.86. The standard InChI is InChI=1S/C20H22BrN3O3S/c1-3-4-10-27-16-7-5-6-14(11-16)18(25)22-20(28)24-23-19(26)15-9-8-13(2)17(21)12-15/h5-9,11-12H,3-4,10H2,1-2H3,(H,23,26)(H2,22,24,25,28). The maximum absolute atomic E-state index is 12.3. The SMILES string of the molecule is CCCCOc1cccc(C(=O)NC(=S)NNC(=O)c2ccc(C)c(Br)c2)c1. The number of unbranched alkanes of at least 4 members (excludes halogenated alkanes) is 1. The van der Waals surface area contributed by atoms with Crippen LogP contribution in [-0.2, 0) is 0 Å². The minimum absolute atomic E-state index is 0.0122. The van der Waals surface area contributed by atoms with Gasteiger partial charge < -0.3 is 4.74 Å². The van der Waals surface area contributed by atoms with E-state index in [4.69, 9.17) is 17.0 Å². The van der Waals surface area contributed by atoms with Gasteiger partial charge in [0.05, 0.1) is 6.61 Å². The van der Waals surface area contributed by atoms with E-state index in [1.165, 1.54) is 0 Å². The summed E-state index contributed by atoms with van der Waals surface area (Å²) in [4.78, 5) is 24.5. The first-order valence-electron chi connectivity index (χ1n) is 8.81. The van der Waals surface area contributed by atoms with E-state index in [1.807, 2.05) is 13.0 Å². The van der Waals surface area contributed by atoms with Crippen LogP contribution in [0.2, 0.25) is 0 Å². The zero-order chi connectivity index (χ0) is 20.5. The highest BCUT2D eigenvalue weighted by Crippen LogP contribution is 2.17. The zero-order valence-electron chi connectivity index (χ0n) is 15.7. The molecule has 0 unspecified atom stereocenters. The first-order chi connectivity index (χ1) is 13.4. The maximum atomic E-state index is 12.3. The van der Waals surface area contributed by atoms with Crippen molar-refractivity contribution in [3.05, 3.63) is 63.6 Å². The van der Waals surface area contributed by atoms with Gasteiger partial charge in [-0.2, -0.15) is 0 Å². The molecular formula is C20H22BrN3O3S. The summed E-state index contributed by atoms with van der Waals surface area (Å²) in [6.07, 6.45) is 1.98. The van der Waals surface area contributed by atoms with Crippen LogP contribution in [0.25, 0.3) is 0 Å². The van der Waals surface area contributed by atoms with Crippen LogP contribution in [0.4, 0.5) is 0 Å². The average molecular weight is 464 g/mol. The molecule has 2 rings (SSSR count). The van der Waals surface area contributed by atoms with Gasteiger partial charge in [0, 0.05) is 15.6 Å². The highest BCUT2D eigenvalue weighted by Gasteiger charge is 2.11. The third kappa shape index (κ3) is 6.61. The molecule has 0 radical (unpaired) electrons. The van der Waals surface area contributed by atoms with Crippen LogP contribution >= 0.6 is 28.1 Å². The number of carbonyl (C=O) groups is 2. The summed E-state index contributed by atoms with van der Waals surface area (Å²) in [5.74, 6) is -0.146. The molecular weight excluding hydrogens is 442 g/mol. The number of rotatable bonds is 6. The van der Waals surface area contributed by atoms with E-state index in [-0.39, 0.29) is 11.0 Å². The van der Waals surface area contributed by atoms with Gasteiger partial charge in [-0.05, 0) is 61.5 Å². The smallest absolute Gasteiger partial charge is 0.269 e. The van der Waals surface area contributed by atoms with Crippen LogP contribution < -0.4 is 20.9 Å². The highest BCUT2D eigenvalue weighted by atomic mass is 79.9. The molecule has 6 nitrogen and oxygen atoms in total. The monoisotopic (exact) mass is 463 g/mol. The fourth-order valence-corrected chi connectivity index (χ4v) is 2.71. The predicted octanol–water partition coefficient (Wildman–Crippen LogP) is 3.89. The second-order valence-corrected chi connectivity index (χ2v) is 7.32. The van der Waals surface area contributed by atoms with E-state index in [2.05, 4.69) is 39.0 Å². The van der Waals surface area contributed by atoms with E-state index in [0.717, 1.165) is 22.9 Å². The summed E-state index contributed by atoms with van der Waals surface area (Å²) in [6.45, 7) is 4.61. The number of ether oxygens (including phenoxy) is 1. The van der Waals surface area contributed by atoms with E-state index < -0.39 is 5.91 Å². The molecule has 8 heteroatoms. The summed E-state index contributed by atoms with van der Waals surface area (Å²) < 4.78 is 6.43. The number of hydrogen-bond donors (Lipinski definition) is 3. The second-order valence-electron chi connectivity index (χ2n) is 6.06. The molecule has 2 aromatic rings. The second kappa shape index (κ2) is 10.8. The first kappa shape index (κ1) is 21.8.